The van der Waals surface area contributed by atoms with Gasteiger partial charge in [0.25, 0.3) is 0 Å². The number of nitrogens with one attached hydrogen (secondary N) is 1. The van der Waals surface area contributed by atoms with Gasteiger partial charge in [-0.3, -0.25) is 4.99 Å². The van der Waals surface area contributed by atoms with Gasteiger partial charge in [-0.1, -0.05) is 89.1 Å². The maximum Gasteiger partial charge on any atom is 0.0934 e. The molecule has 1 aromatic rings. The van der Waals surface area contributed by atoms with Crippen molar-refractivity contribution in [2.45, 2.75) is 82.1 Å². The Kier molecular flexibility index (Phi) is 9.95. The molecule has 1 rings (SSSR count). The highest BCUT2D eigenvalue weighted by atomic mass is 14.9. The van der Waals surface area contributed by atoms with E-state index in [2.05, 4.69) is 123 Å². The number of nitrogens with zero attached hydrogens (tertiary/aromatic N) is 1. The molecule has 32 heavy (non-hydrogen) atoms. The number of hydrogen-bond acceptors (Lipinski definition) is 2. The molecule has 2 nitrogen and oxygen atoms in total. The third-order valence-corrected chi connectivity index (χ3v) is 7.51. The fourth-order valence-corrected chi connectivity index (χ4v) is 3.34. The minimum atomic E-state index is 0.205. The lowest BCUT2D eigenvalue weighted by Gasteiger charge is -2.23. The SMILES string of the molecule is C=Nc1c(/C(C)=C/C=C(C)C(C)(C)CC)ccc(/C(C)=C/C=C(C)C(C)(C)CC)c1NC. The second-order valence-corrected chi connectivity index (χ2v) is 10.2. The van der Waals surface area contributed by atoms with Crippen molar-refractivity contribution in [1.82, 2.24) is 0 Å². The van der Waals surface area contributed by atoms with E-state index in [4.69, 9.17) is 0 Å². The van der Waals surface area contributed by atoms with E-state index >= 15 is 0 Å². The van der Waals surface area contributed by atoms with Crippen LogP contribution in [0, 0.1) is 10.8 Å². The van der Waals surface area contributed by atoms with Gasteiger partial charge in [-0.2, -0.15) is 0 Å². The van der Waals surface area contributed by atoms with E-state index in [1.54, 1.807) is 0 Å². The number of anilines is 1. The van der Waals surface area contributed by atoms with Crippen LogP contribution in [0.4, 0.5) is 11.4 Å². The van der Waals surface area contributed by atoms with Gasteiger partial charge in [0.05, 0.1) is 11.4 Å². The van der Waals surface area contributed by atoms with E-state index in [0.717, 1.165) is 35.3 Å². The Morgan fingerprint density at radius 1 is 0.812 bits per heavy atom. The molecule has 0 heterocycles. The molecule has 0 atom stereocenters. The molecule has 0 aliphatic rings. The number of hydrogen-bond donors (Lipinski definition) is 1. The van der Waals surface area contributed by atoms with E-state index in [9.17, 15) is 0 Å². The van der Waals surface area contributed by atoms with Crippen LogP contribution in [0.1, 0.15) is 93.2 Å². The molecule has 0 aromatic heterocycles. The van der Waals surface area contributed by atoms with Gasteiger partial charge in [0.1, 0.15) is 0 Å². The molecule has 176 valence electrons. The van der Waals surface area contributed by atoms with Crippen molar-refractivity contribution in [3.63, 3.8) is 0 Å². The number of rotatable bonds is 10. The monoisotopic (exact) mass is 434 g/mol. The molecule has 0 bridgehead atoms. The Morgan fingerprint density at radius 3 is 1.59 bits per heavy atom. The first kappa shape index (κ1) is 27.7. The molecule has 0 amide bonds. The number of benzene rings is 1. The summed E-state index contributed by atoms with van der Waals surface area (Å²) in [6, 6.07) is 4.36. The Morgan fingerprint density at radius 2 is 1.22 bits per heavy atom. The molecule has 0 aliphatic carbocycles. The predicted molar refractivity (Wildman–Crippen MR) is 148 cm³/mol. The molecule has 1 N–H and O–H groups in total. The highest BCUT2D eigenvalue weighted by Crippen LogP contribution is 2.39. The first-order valence-electron chi connectivity index (χ1n) is 11.9. The van der Waals surface area contributed by atoms with Crippen LogP contribution in [0.15, 0.2) is 52.6 Å². The van der Waals surface area contributed by atoms with E-state index in [1.807, 2.05) is 7.05 Å². The summed E-state index contributed by atoms with van der Waals surface area (Å²) in [6.07, 6.45) is 11.2. The lowest BCUT2D eigenvalue weighted by atomic mass is 9.82. The summed E-state index contributed by atoms with van der Waals surface area (Å²) < 4.78 is 0. The van der Waals surface area contributed by atoms with Gasteiger partial charge < -0.3 is 5.32 Å². The average Bonchev–Trinajstić information content (AvgIpc) is 2.78. The number of allylic oxidation sites excluding steroid dienone is 8. The van der Waals surface area contributed by atoms with Crippen molar-refractivity contribution in [2.24, 2.45) is 15.8 Å². The van der Waals surface area contributed by atoms with Gasteiger partial charge in [-0.25, -0.2) is 0 Å². The highest BCUT2D eigenvalue weighted by Gasteiger charge is 2.18. The van der Waals surface area contributed by atoms with Gasteiger partial charge >= 0.3 is 0 Å². The van der Waals surface area contributed by atoms with Crippen LogP contribution >= 0.6 is 0 Å². The van der Waals surface area contributed by atoms with Crippen molar-refractivity contribution >= 4 is 29.2 Å². The molecule has 0 spiro atoms. The molecule has 1 aromatic carbocycles. The Hall–Kier alpha value is -2.35. The topological polar surface area (TPSA) is 24.4 Å². The van der Waals surface area contributed by atoms with Crippen LogP contribution in [-0.2, 0) is 0 Å². The third-order valence-electron chi connectivity index (χ3n) is 7.51. The highest BCUT2D eigenvalue weighted by molar-refractivity contribution is 5.91. The van der Waals surface area contributed by atoms with Crippen molar-refractivity contribution in [2.75, 3.05) is 12.4 Å². The van der Waals surface area contributed by atoms with Crippen LogP contribution in [0.5, 0.6) is 0 Å². The quantitative estimate of drug-likeness (QED) is 0.287. The summed E-state index contributed by atoms with van der Waals surface area (Å²) in [5.41, 5.74) is 9.77. The zero-order chi connectivity index (χ0) is 24.7. The molecule has 0 saturated heterocycles. The van der Waals surface area contributed by atoms with Crippen LogP contribution in [-0.4, -0.2) is 13.8 Å². The second kappa shape index (κ2) is 11.5. The number of aliphatic imine (C=N–C) groups is 1. The van der Waals surface area contributed by atoms with Gasteiger partial charge in [0.15, 0.2) is 0 Å². The van der Waals surface area contributed by atoms with Crippen LogP contribution < -0.4 is 5.32 Å². The van der Waals surface area contributed by atoms with Crippen molar-refractivity contribution in [3.05, 3.63) is 58.7 Å². The van der Waals surface area contributed by atoms with Gasteiger partial charge in [-0.15, -0.1) is 0 Å². The Balaban J connectivity index is 3.49. The fourth-order valence-electron chi connectivity index (χ4n) is 3.34. The third kappa shape index (κ3) is 6.58. The van der Waals surface area contributed by atoms with E-state index in [-0.39, 0.29) is 10.8 Å². The summed E-state index contributed by atoms with van der Waals surface area (Å²) in [6.45, 7) is 26.3. The van der Waals surface area contributed by atoms with Crippen molar-refractivity contribution in [3.8, 4) is 0 Å². The first-order chi connectivity index (χ1) is 14.9. The maximum atomic E-state index is 4.43. The molecule has 0 fully saturated rings. The van der Waals surface area contributed by atoms with Gasteiger partial charge in [0, 0.05) is 18.2 Å². The van der Waals surface area contributed by atoms with Crippen molar-refractivity contribution < 1.29 is 0 Å². The average molecular weight is 435 g/mol. The molecule has 0 radical (unpaired) electrons. The van der Waals surface area contributed by atoms with Crippen LogP contribution in [0.3, 0.4) is 0 Å². The van der Waals surface area contributed by atoms with Crippen molar-refractivity contribution in [1.29, 1.82) is 0 Å². The maximum absolute atomic E-state index is 4.43. The van der Waals surface area contributed by atoms with Gasteiger partial charge in [-0.05, 0) is 69.2 Å². The molecule has 0 aliphatic heterocycles. The minimum Gasteiger partial charge on any atom is -0.386 e. The second-order valence-electron chi connectivity index (χ2n) is 10.2. The summed E-state index contributed by atoms with van der Waals surface area (Å²) in [5, 5.41) is 3.38. The molecular weight excluding hydrogens is 388 g/mol. The first-order valence-corrected chi connectivity index (χ1v) is 11.9. The zero-order valence-electron chi connectivity index (χ0n) is 22.5. The largest absolute Gasteiger partial charge is 0.386 e. The predicted octanol–water partition coefficient (Wildman–Crippen LogP) is 9.63. The van der Waals surface area contributed by atoms with E-state index < -0.39 is 0 Å². The standard InChI is InChI=1S/C30H46N2/c1-13-29(7,8)23(5)17-15-21(3)25-19-20-26(28(32-12)27(25)31-11)22(4)16-18-24(6)30(9,10)14-2/h15-20,32H,11,13-14H2,1-10,12H3/b21-15+,22-16+,23-17?,24-18?. The Labute approximate surface area is 198 Å². The van der Waals surface area contributed by atoms with Crippen LogP contribution in [0.2, 0.25) is 0 Å². The smallest absolute Gasteiger partial charge is 0.0934 e. The summed E-state index contributed by atoms with van der Waals surface area (Å²) >= 11 is 0. The summed E-state index contributed by atoms with van der Waals surface area (Å²) in [7, 11) is 1.96. The van der Waals surface area contributed by atoms with Crippen LogP contribution in [0.25, 0.3) is 11.1 Å². The normalized spacial score (nSPS) is 14.6. The molecule has 0 saturated carbocycles. The fraction of sp³-hybridized carbons (Fsp3) is 0.500. The summed E-state index contributed by atoms with van der Waals surface area (Å²) in [5.74, 6) is 0. The van der Waals surface area contributed by atoms with E-state index in [1.165, 1.54) is 22.3 Å². The molecule has 0 unspecified atom stereocenters. The molecular formula is C30H46N2. The summed E-state index contributed by atoms with van der Waals surface area (Å²) in [4.78, 5) is 4.43. The zero-order valence-corrected chi connectivity index (χ0v) is 22.5. The lowest BCUT2D eigenvalue weighted by Crippen LogP contribution is -2.10. The Bertz CT molecular complexity index is 934. The lowest BCUT2D eigenvalue weighted by molar-refractivity contribution is 0.429. The molecule has 2 heteroatoms. The van der Waals surface area contributed by atoms with Gasteiger partial charge in [0.2, 0.25) is 0 Å². The minimum absolute atomic E-state index is 0.205. The van der Waals surface area contributed by atoms with E-state index in [0.29, 0.717) is 0 Å².